The summed E-state index contributed by atoms with van der Waals surface area (Å²) >= 11 is 0. The maximum absolute atomic E-state index is 13.7. The zero-order valence-electron chi connectivity index (χ0n) is 33.1. The predicted octanol–water partition coefficient (Wildman–Crippen LogP) is 4.44. The van der Waals surface area contributed by atoms with Gasteiger partial charge < -0.3 is 48.9 Å². The highest BCUT2D eigenvalue weighted by Crippen LogP contribution is 2.29. The summed E-state index contributed by atoms with van der Waals surface area (Å²) in [5, 5.41) is 10.5. The number of amides is 6. The summed E-state index contributed by atoms with van der Waals surface area (Å²) in [4.78, 5) is 81.5. The molecule has 320 valence electrons. The molecule has 6 rings (SSSR count). The maximum atomic E-state index is 13.7. The Balaban J connectivity index is 1.07. The van der Waals surface area contributed by atoms with Crippen LogP contribution in [0.4, 0.5) is 21.0 Å². The highest BCUT2D eigenvalue weighted by atomic mass is 32.3. The van der Waals surface area contributed by atoms with Crippen LogP contribution in [0.5, 0.6) is 11.5 Å². The number of rotatable bonds is 14. The van der Waals surface area contributed by atoms with Crippen LogP contribution >= 0.6 is 0 Å². The molecule has 2 aliphatic rings. The molecule has 4 N–H and O–H groups in total. The summed E-state index contributed by atoms with van der Waals surface area (Å²) in [5.74, 6) is -2.48. The van der Waals surface area contributed by atoms with E-state index in [0.29, 0.717) is 36.8 Å². The fourth-order valence-electron chi connectivity index (χ4n) is 7.11. The lowest BCUT2D eigenvalue weighted by Gasteiger charge is -2.28. The van der Waals surface area contributed by atoms with Crippen molar-refractivity contribution in [2.24, 2.45) is 0 Å². The molecule has 0 unspecified atom stereocenters. The summed E-state index contributed by atoms with van der Waals surface area (Å²) in [7, 11) is -2.41. The van der Waals surface area contributed by atoms with E-state index in [0.717, 1.165) is 0 Å². The van der Waals surface area contributed by atoms with E-state index >= 15 is 0 Å². The Morgan fingerprint density at radius 3 is 1.34 bits per heavy atom. The minimum atomic E-state index is -4.77. The lowest BCUT2D eigenvalue weighted by molar-refractivity contribution is -0.138. The normalized spacial score (nSPS) is 17.0. The second-order valence-corrected chi connectivity index (χ2v) is 15.1. The number of nitrogens with zero attached hydrogens (tertiary/aromatic N) is 2. The van der Waals surface area contributed by atoms with Gasteiger partial charge in [0.25, 0.3) is 11.8 Å². The van der Waals surface area contributed by atoms with Gasteiger partial charge in [-0.25, -0.2) is 9.59 Å². The number of anilines is 2. The molecule has 0 aliphatic carbocycles. The molecule has 2 aliphatic heterocycles. The largest absolute Gasteiger partial charge is 0.500 e. The fraction of sp³-hybridized carbons (Fsp3) is 0.286. The molecule has 18 nitrogen and oxygen atoms in total. The molecule has 4 atom stereocenters. The number of hydrogen-bond acceptors (Lipinski definition) is 12. The Labute approximate surface area is 351 Å². The van der Waals surface area contributed by atoms with E-state index in [1.807, 2.05) is 0 Å². The Bertz CT molecular complexity index is 2190. The minimum Gasteiger partial charge on any atom is -0.453 e. The van der Waals surface area contributed by atoms with Crippen LogP contribution in [0.3, 0.4) is 0 Å². The molecule has 19 heteroatoms. The first-order valence-electron chi connectivity index (χ1n) is 19.2. The second-order valence-electron chi connectivity index (χ2n) is 13.9. The zero-order valence-corrected chi connectivity index (χ0v) is 34.0. The van der Waals surface area contributed by atoms with Crippen molar-refractivity contribution in [2.45, 2.75) is 49.9 Å². The number of ether oxygens (including phenoxy) is 2. The average molecular weight is 857 g/mol. The van der Waals surface area contributed by atoms with Gasteiger partial charge in [-0.1, -0.05) is 72.8 Å². The van der Waals surface area contributed by atoms with Crippen molar-refractivity contribution < 1.29 is 55.0 Å². The SMILES string of the molecule is COC(=O)N[C@@H](C(=O)N1CCC[C@H]1C(=O)Nc1cccc(OS(=O)(=O)Oc2cccc(NC(=O)[C@@H]3CCCN3C(=O)[C@H](NC(=O)OC)c3ccccc3)c2)c1)c1ccccc1. The van der Waals surface area contributed by atoms with Gasteiger partial charge in [-0.3, -0.25) is 19.2 Å². The van der Waals surface area contributed by atoms with Crippen LogP contribution in [0, 0.1) is 0 Å². The second kappa shape index (κ2) is 19.7. The van der Waals surface area contributed by atoms with Gasteiger partial charge in [-0.2, -0.15) is 0 Å². The lowest BCUT2D eigenvalue weighted by Crippen LogP contribution is -2.48. The molecule has 2 saturated heterocycles. The molecular formula is C42H44N6O12S. The van der Waals surface area contributed by atoms with Crippen molar-refractivity contribution >= 4 is 57.6 Å². The van der Waals surface area contributed by atoms with Crippen molar-refractivity contribution in [3.63, 3.8) is 0 Å². The number of alkyl carbamates (subject to hydrolysis) is 2. The third-order valence-corrected chi connectivity index (χ3v) is 10.7. The molecule has 0 bridgehead atoms. The number of hydrogen-bond donors (Lipinski definition) is 4. The van der Waals surface area contributed by atoms with Crippen molar-refractivity contribution in [3.05, 3.63) is 120 Å². The number of nitrogens with one attached hydrogen (secondary N) is 4. The van der Waals surface area contributed by atoms with Crippen LogP contribution in [0.2, 0.25) is 0 Å². The number of carbonyl (C=O) groups is 6. The van der Waals surface area contributed by atoms with E-state index in [9.17, 15) is 37.2 Å². The van der Waals surface area contributed by atoms with Crippen LogP contribution in [0.25, 0.3) is 0 Å². The highest BCUT2D eigenvalue weighted by Gasteiger charge is 2.40. The minimum absolute atomic E-state index is 0.171. The summed E-state index contributed by atoms with van der Waals surface area (Å²) in [6.07, 6.45) is 0.105. The van der Waals surface area contributed by atoms with E-state index in [1.54, 1.807) is 60.7 Å². The summed E-state index contributed by atoms with van der Waals surface area (Å²) in [6, 6.07) is 24.2. The van der Waals surface area contributed by atoms with Crippen LogP contribution in [0.1, 0.15) is 48.9 Å². The van der Waals surface area contributed by atoms with Gasteiger partial charge in [0.2, 0.25) is 11.8 Å². The molecule has 61 heavy (non-hydrogen) atoms. The van der Waals surface area contributed by atoms with E-state index in [1.165, 1.54) is 72.6 Å². The van der Waals surface area contributed by atoms with Gasteiger partial charge in [0.15, 0.2) is 0 Å². The van der Waals surface area contributed by atoms with Crippen molar-refractivity contribution in [2.75, 3.05) is 37.9 Å². The first-order valence-corrected chi connectivity index (χ1v) is 20.5. The monoisotopic (exact) mass is 856 g/mol. The first-order chi connectivity index (χ1) is 29.3. The quantitative estimate of drug-likeness (QED) is 0.138. The molecule has 6 amide bonds. The first kappa shape index (κ1) is 43.4. The molecule has 0 saturated carbocycles. The van der Waals surface area contributed by atoms with Crippen molar-refractivity contribution in [1.82, 2.24) is 20.4 Å². The average Bonchev–Trinajstić information content (AvgIpc) is 3.96. The Morgan fingerprint density at radius 2 is 0.967 bits per heavy atom. The summed E-state index contributed by atoms with van der Waals surface area (Å²) in [6.45, 7) is 0.521. The van der Waals surface area contributed by atoms with Crippen LogP contribution in [0.15, 0.2) is 109 Å². The number of carbonyl (C=O) groups excluding carboxylic acids is 6. The van der Waals surface area contributed by atoms with Gasteiger partial charge in [-0.15, -0.1) is 8.42 Å². The zero-order chi connectivity index (χ0) is 43.5. The van der Waals surface area contributed by atoms with E-state index in [4.69, 9.17) is 17.8 Å². The smallest absolute Gasteiger partial charge is 0.453 e. The molecule has 2 fully saturated rings. The number of benzene rings is 4. The molecule has 0 aromatic heterocycles. The molecule has 0 radical (unpaired) electrons. The van der Waals surface area contributed by atoms with Crippen LogP contribution in [-0.2, 0) is 39.1 Å². The molecule has 4 aromatic rings. The van der Waals surface area contributed by atoms with Crippen molar-refractivity contribution in [3.8, 4) is 11.5 Å². The highest BCUT2D eigenvalue weighted by molar-refractivity contribution is 7.82. The maximum Gasteiger partial charge on any atom is 0.500 e. The third-order valence-electron chi connectivity index (χ3n) is 9.93. The van der Waals surface area contributed by atoms with Gasteiger partial charge in [0, 0.05) is 36.6 Å². The predicted molar refractivity (Wildman–Crippen MR) is 219 cm³/mol. The Hall–Kier alpha value is -7.15. The van der Waals surface area contributed by atoms with Crippen LogP contribution < -0.4 is 29.6 Å². The molecule has 2 heterocycles. The Kier molecular flexibility index (Phi) is 14.1. The molecule has 4 aromatic carbocycles. The van der Waals surface area contributed by atoms with E-state index < -0.39 is 70.4 Å². The molecule has 0 spiro atoms. The summed E-state index contributed by atoms with van der Waals surface area (Å²) in [5.41, 5.74) is 1.35. The standard InChI is InChI=1S/C42H44N6O12S/c1-57-41(53)45-35(27-13-5-3-6-14-27)39(51)47-23-11-21-33(47)37(49)43-29-17-9-19-31(25-29)59-61(55,56)60-32-20-10-18-30(26-32)44-38(50)34-22-12-24-48(34)40(52)36(46-42(54)58-2)28-15-7-4-8-16-28/h3-10,13-20,25-26,33-36H,11-12,21-24H2,1-2H3,(H,43,49)(H,44,50)(H,45,53)(H,46,54)/t33-,34-,35+,36+/m0/s1. The van der Waals surface area contributed by atoms with Crippen LogP contribution in [-0.4, -0.2) is 93.4 Å². The number of likely N-dealkylation sites (tertiary alicyclic amines) is 2. The van der Waals surface area contributed by atoms with Gasteiger partial charge >= 0.3 is 22.6 Å². The topological polar surface area (TPSA) is 228 Å². The Morgan fingerprint density at radius 1 is 0.574 bits per heavy atom. The van der Waals surface area contributed by atoms with Gasteiger partial charge in [0.05, 0.1) is 14.2 Å². The fourth-order valence-corrected chi connectivity index (χ4v) is 7.83. The van der Waals surface area contributed by atoms with Gasteiger partial charge in [0.1, 0.15) is 35.7 Å². The number of methoxy groups -OCH3 is 2. The summed E-state index contributed by atoms with van der Waals surface area (Å²) < 4.78 is 45.9. The van der Waals surface area contributed by atoms with Crippen molar-refractivity contribution in [1.29, 1.82) is 0 Å². The van der Waals surface area contributed by atoms with E-state index in [2.05, 4.69) is 21.3 Å². The molecular weight excluding hydrogens is 813 g/mol. The third kappa shape index (κ3) is 11.1. The van der Waals surface area contributed by atoms with E-state index in [-0.39, 0.29) is 36.0 Å². The van der Waals surface area contributed by atoms with Gasteiger partial charge in [-0.05, 0) is 61.1 Å². The lowest BCUT2D eigenvalue weighted by atomic mass is 10.0.